The Morgan fingerprint density at radius 1 is 1.25 bits per heavy atom. The molecule has 0 radical (unpaired) electrons. The molecule has 3 heteroatoms. The van der Waals surface area contributed by atoms with E-state index in [1.54, 1.807) is 0 Å². The second kappa shape index (κ2) is 3.27. The third-order valence-electron chi connectivity index (χ3n) is 0.663. The fraction of sp³-hybridized carbons (Fsp3) is 0. The molecule has 1 aromatic rings. The van der Waals surface area contributed by atoms with Crippen LogP contribution in [0, 0.1) is 0 Å². The van der Waals surface area contributed by atoms with E-state index in [-0.39, 0.29) is 18.2 Å². The van der Waals surface area contributed by atoms with Crippen molar-refractivity contribution in [3.05, 3.63) is 24.5 Å². The Balaban J connectivity index is 0.000000490. The van der Waals surface area contributed by atoms with Gasteiger partial charge in [-0.2, -0.15) is 0 Å². The molecule has 1 aromatic heterocycles. The third kappa shape index (κ3) is 1.80. The summed E-state index contributed by atoms with van der Waals surface area (Å²) in [7, 11) is 0. The summed E-state index contributed by atoms with van der Waals surface area (Å²) in [5.41, 5.74) is 0. The molecule has 44 valence electrons. The average Bonchev–Trinajstić information content (AvgIpc) is 1.69. The van der Waals surface area contributed by atoms with Crippen LogP contribution in [-0.2, 0) is 0 Å². The lowest BCUT2D eigenvalue weighted by Gasteiger charge is -1.82. The van der Waals surface area contributed by atoms with Gasteiger partial charge in [-0.3, -0.25) is 4.98 Å². The first-order chi connectivity index (χ1) is 3.39. The van der Waals surface area contributed by atoms with Gasteiger partial charge in [0.05, 0.1) is 0 Å². The highest BCUT2D eigenvalue weighted by Crippen LogP contribution is 2.00. The van der Waals surface area contributed by atoms with Gasteiger partial charge in [0.2, 0.25) is 0 Å². The van der Waals surface area contributed by atoms with Crippen LogP contribution >= 0.6 is 12.4 Å². The van der Waals surface area contributed by atoms with Gasteiger partial charge in [-0.15, -0.1) is 12.4 Å². The number of aromatic nitrogens is 1. The van der Waals surface area contributed by atoms with E-state index in [9.17, 15) is 0 Å². The van der Waals surface area contributed by atoms with E-state index < -0.39 is 0 Å². The Kier molecular flexibility index (Phi) is 2.96. The molecule has 0 saturated carbocycles. The van der Waals surface area contributed by atoms with E-state index in [1.807, 2.05) is 0 Å². The first-order valence-electron chi connectivity index (χ1n) is 1.98. The highest BCUT2D eigenvalue weighted by Gasteiger charge is 1.75. The van der Waals surface area contributed by atoms with Crippen molar-refractivity contribution in [3.8, 4) is 5.75 Å². The minimum Gasteiger partial charge on any atom is -0.508 e. The molecule has 1 rings (SSSR count). The molecule has 0 atom stereocenters. The molecule has 0 spiro atoms. The Bertz CT molecular complexity index is 142. The maximum Gasteiger partial charge on any atom is 0.118 e. The Morgan fingerprint density at radius 2 is 1.75 bits per heavy atom. The summed E-state index contributed by atoms with van der Waals surface area (Å²) in [4.78, 5) is 3.69. The molecule has 0 aliphatic heterocycles. The predicted octanol–water partition coefficient (Wildman–Crippen LogP) is 1.21. The molecule has 8 heavy (non-hydrogen) atoms. The average molecular weight is 132 g/mol. The summed E-state index contributed by atoms with van der Waals surface area (Å²) >= 11 is 0. The first-order valence-corrected chi connectivity index (χ1v) is 1.98. The first kappa shape index (κ1) is 7.24. The lowest BCUT2D eigenvalue weighted by molar-refractivity contribution is 0.474. The number of aromatic hydroxyl groups is 1. The molecule has 1 N–H and O–H groups in total. The molecule has 1 heterocycles. The van der Waals surface area contributed by atoms with E-state index in [2.05, 4.69) is 4.98 Å². The lowest BCUT2D eigenvalue weighted by Crippen LogP contribution is -1.63. The van der Waals surface area contributed by atoms with Crippen molar-refractivity contribution in [3.63, 3.8) is 0 Å². The van der Waals surface area contributed by atoms with Gasteiger partial charge in [0.15, 0.2) is 0 Å². The molecular weight excluding hydrogens is 126 g/mol. The van der Waals surface area contributed by atoms with Gasteiger partial charge in [0.25, 0.3) is 0 Å². The van der Waals surface area contributed by atoms with Gasteiger partial charge < -0.3 is 5.11 Å². The maximum atomic E-state index is 8.59. The van der Waals surface area contributed by atoms with Crippen LogP contribution in [0.25, 0.3) is 0 Å². The molecule has 0 aliphatic rings. The quantitative estimate of drug-likeness (QED) is 0.574. The standard InChI is InChI=1S/C5H5NO.ClH/c7-5-1-3-6-4-2-5;/h1-4H,(H,6,7);1H. The monoisotopic (exact) mass is 131 g/mol. The summed E-state index contributed by atoms with van der Waals surface area (Å²) in [5, 5.41) is 8.59. The van der Waals surface area contributed by atoms with E-state index in [1.165, 1.54) is 24.5 Å². The van der Waals surface area contributed by atoms with Crippen molar-refractivity contribution < 1.29 is 5.11 Å². The van der Waals surface area contributed by atoms with Gasteiger partial charge in [0, 0.05) is 12.4 Å². The number of hydrogen-bond acceptors (Lipinski definition) is 2. The smallest absolute Gasteiger partial charge is 0.118 e. The molecule has 0 unspecified atom stereocenters. The summed E-state index contributed by atoms with van der Waals surface area (Å²) in [6.07, 6.45) is 3.07. The van der Waals surface area contributed by atoms with Crippen LogP contribution in [0.2, 0.25) is 0 Å². The SMILES string of the molecule is Cl.Oc1ccncc1. The molecule has 0 saturated heterocycles. The van der Waals surface area contributed by atoms with Crippen LogP contribution in [0.1, 0.15) is 0 Å². The molecular formula is C5H6ClNO. The summed E-state index contributed by atoms with van der Waals surface area (Å²) < 4.78 is 0. The van der Waals surface area contributed by atoms with E-state index in [0.29, 0.717) is 0 Å². The predicted molar refractivity (Wildman–Crippen MR) is 33.1 cm³/mol. The lowest BCUT2D eigenvalue weighted by atomic mass is 10.5. The molecule has 2 nitrogen and oxygen atoms in total. The minimum atomic E-state index is 0. The van der Waals surface area contributed by atoms with Crippen LogP contribution in [0.15, 0.2) is 24.5 Å². The number of halogens is 1. The third-order valence-corrected chi connectivity index (χ3v) is 0.663. The number of nitrogens with zero attached hydrogens (tertiary/aromatic N) is 1. The van der Waals surface area contributed by atoms with Crippen LogP contribution < -0.4 is 0 Å². The second-order valence-corrected chi connectivity index (χ2v) is 1.21. The topological polar surface area (TPSA) is 33.1 Å². The van der Waals surface area contributed by atoms with Crippen molar-refractivity contribution >= 4 is 12.4 Å². The molecule has 0 aliphatic carbocycles. The van der Waals surface area contributed by atoms with Gasteiger partial charge in [-0.25, -0.2) is 0 Å². The minimum absolute atomic E-state index is 0. The van der Waals surface area contributed by atoms with Crippen LogP contribution in [0.3, 0.4) is 0 Å². The van der Waals surface area contributed by atoms with Crippen molar-refractivity contribution in [2.45, 2.75) is 0 Å². The fourth-order valence-electron chi connectivity index (χ4n) is 0.344. The maximum absolute atomic E-state index is 8.59. The summed E-state index contributed by atoms with van der Waals surface area (Å²) in [5.74, 6) is 0.259. The summed E-state index contributed by atoms with van der Waals surface area (Å²) in [6.45, 7) is 0. The van der Waals surface area contributed by atoms with Gasteiger partial charge in [0.1, 0.15) is 5.75 Å². The van der Waals surface area contributed by atoms with Crippen molar-refractivity contribution in [2.75, 3.05) is 0 Å². The van der Waals surface area contributed by atoms with Crippen molar-refractivity contribution in [1.29, 1.82) is 0 Å². The zero-order chi connectivity index (χ0) is 5.11. The van der Waals surface area contributed by atoms with E-state index >= 15 is 0 Å². The highest BCUT2D eigenvalue weighted by atomic mass is 35.5. The molecule has 0 bridgehead atoms. The normalized spacial score (nSPS) is 7.50. The zero-order valence-electron chi connectivity index (χ0n) is 4.11. The van der Waals surface area contributed by atoms with Crippen molar-refractivity contribution in [2.24, 2.45) is 0 Å². The number of rotatable bonds is 0. The Hall–Kier alpha value is -0.760. The second-order valence-electron chi connectivity index (χ2n) is 1.21. The van der Waals surface area contributed by atoms with Gasteiger partial charge >= 0.3 is 0 Å². The largest absolute Gasteiger partial charge is 0.508 e. The van der Waals surface area contributed by atoms with Crippen LogP contribution in [-0.4, -0.2) is 10.1 Å². The van der Waals surface area contributed by atoms with Crippen LogP contribution in [0.4, 0.5) is 0 Å². The number of pyridine rings is 1. The van der Waals surface area contributed by atoms with Gasteiger partial charge in [-0.1, -0.05) is 0 Å². The number of hydrogen-bond donors (Lipinski definition) is 1. The van der Waals surface area contributed by atoms with Gasteiger partial charge in [-0.05, 0) is 12.1 Å². The molecule has 0 amide bonds. The summed E-state index contributed by atoms with van der Waals surface area (Å²) in [6, 6.07) is 3.06. The van der Waals surface area contributed by atoms with E-state index in [4.69, 9.17) is 5.11 Å². The highest BCUT2D eigenvalue weighted by molar-refractivity contribution is 5.85. The van der Waals surface area contributed by atoms with E-state index in [0.717, 1.165) is 0 Å². The Labute approximate surface area is 53.6 Å². The molecule has 0 fully saturated rings. The zero-order valence-corrected chi connectivity index (χ0v) is 4.93. The van der Waals surface area contributed by atoms with Crippen LogP contribution in [0.5, 0.6) is 5.75 Å². The molecule has 0 aromatic carbocycles. The Morgan fingerprint density at radius 3 is 2.00 bits per heavy atom. The van der Waals surface area contributed by atoms with Crippen molar-refractivity contribution in [1.82, 2.24) is 4.98 Å². The fourth-order valence-corrected chi connectivity index (χ4v) is 0.344.